The zero-order chi connectivity index (χ0) is 12.0. The maximum Gasteiger partial charge on any atom is 0.241 e. The van der Waals surface area contributed by atoms with Crippen molar-refractivity contribution in [2.75, 3.05) is 30.7 Å². The van der Waals surface area contributed by atoms with Gasteiger partial charge >= 0.3 is 0 Å². The number of amides is 1. The van der Waals surface area contributed by atoms with Gasteiger partial charge in [-0.2, -0.15) is 0 Å². The molecule has 0 aliphatic heterocycles. The molecular weight excluding hydrogens is 202 g/mol. The number of rotatable bonds is 5. The van der Waals surface area contributed by atoms with Gasteiger partial charge in [0, 0.05) is 24.5 Å². The summed E-state index contributed by atoms with van der Waals surface area (Å²) in [5.41, 5.74) is 7.21. The van der Waals surface area contributed by atoms with Gasteiger partial charge < -0.3 is 16.0 Å². The molecule has 0 atom stereocenters. The minimum Gasteiger partial charge on any atom is -0.399 e. The third-order valence-electron chi connectivity index (χ3n) is 2.47. The number of anilines is 2. The fourth-order valence-corrected chi connectivity index (χ4v) is 1.47. The Balaban J connectivity index is 2.45. The average Bonchev–Trinajstić information content (AvgIpc) is 2.30. The van der Waals surface area contributed by atoms with E-state index in [-0.39, 0.29) is 5.91 Å². The zero-order valence-corrected chi connectivity index (χ0v) is 9.86. The van der Waals surface area contributed by atoms with E-state index in [9.17, 15) is 4.79 Å². The van der Waals surface area contributed by atoms with Gasteiger partial charge in [0.05, 0.1) is 6.54 Å². The van der Waals surface area contributed by atoms with Crippen molar-refractivity contribution in [2.45, 2.75) is 13.8 Å². The first-order valence-corrected chi connectivity index (χ1v) is 5.54. The molecule has 0 aliphatic carbocycles. The molecule has 0 heterocycles. The molecule has 0 saturated carbocycles. The normalized spacial score (nSPS) is 9.88. The van der Waals surface area contributed by atoms with Crippen LogP contribution in [0.1, 0.15) is 13.8 Å². The van der Waals surface area contributed by atoms with Crippen LogP contribution in [0.3, 0.4) is 0 Å². The number of nitrogen functional groups attached to an aromatic ring is 1. The smallest absolute Gasteiger partial charge is 0.241 e. The van der Waals surface area contributed by atoms with E-state index in [0.717, 1.165) is 24.5 Å². The van der Waals surface area contributed by atoms with E-state index in [4.69, 9.17) is 5.73 Å². The number of nitrogens with two attached hydrogens (primary N) is 1. The number of hydrogen-bond donors (Lipinski definition) is 2. The quantitative estimate of drug-likeness (QED) is 0.742. The summed E-state index contributed by atoms with van der Waals surface area (Å²) in [7, 11) is 0. The summed E-state index contributed by atoms with van der Waals surface area (Å²) in [5, 5.41) is 3.07. The van der Waals surface area contributed by atoms with Crippen molar-refractivity contribution < 1.29 is 4.79 Å². The fraction of sp³-hybridized carbons (Fsp3) is 0.417. The maximum atomic E-state index is 11.7. The Kier molecular flexibility index (Phi) is 4.64. The van der Waals surface area contributed by atoms with Crippen LogP contribution in [0.4, 0.5) is 11.4 Å². The molecule has 1 rings (SSSR count). The third kappa shape index (κ3) is 3.46. The highest BCUT2D eigenvalue weighted by Gasteiger charge is 2.08. The third-order valence-corrected chi connectivity index (χ3v) is 2.47. The van der Waals surface area contributed by atoms with Crippen LogP contribution < -0.4 is 11.1 Å². The molecular formula is C12H19N3O. The summed E-state index contributed by atoms with van der Waals surface area (Å²) in [6.07, 6.45) is 0. The second kappa shape index (κ2) is 6.00. The molecule has 4 nitrogen and oxygen atoms in total. The van der Waals surface area contributed by atoms with Crippen molar-refractivity contribution in [2.24, 2.45) is 0 Å². The number of nitrogens with zero attached hydrogens (tertiary/aromatic N) is 1. The molecule has 88 valence electrons. The van der Waals surface area contributed by atoms with Crippen LogP contribution in [0.15, 0.2) is 24.3 Å². The highest BCUT2D eigenvalue weighted by atomic mass is 16.2. The molecule has 16 heavy (non-hydrogen) atoms. The highest BCUT2D eigenvalue weighted by Crippen LogP contribution is 2.09. The van der Waals surface area contributed by atoms with Crippen LogP contribution in [-0.2, 0) is 4.79 Å². The summed E-state index contributed by atoms with van der Waals surface area (Å²) in [4.78, 5) is 13.5. The first-order valence-electron chi connectivity index (χ1n) is 5.54. The van der Waals surface area contributed by atoms with E-state index in [1.165, 1.54) is 0 Å². The molecule has 0 fully saturated rings. The van der Waals surface area contributed by atoms with Crippen LogP contribution in [0.25, 0.3) is 0 Å². The topological polar surface area (TPSA) is 58.4 Å². The van der Waals surface area contributed by atoms with Crippen molar-refractivity contribution >= 4 is 17.3 Å². The molecule has 4 heteroatoms. The number of benzene rings is 1. The molecule has 0 unspecified atom stereocenters. The van der Waals surface area contributed by atoms with E-state index in [0.29, 0.717) is 6.54 Å². The molecule has 0 spiro atoms. The van der Waals surface area contributed by atoms with Crippen LogP contribution in [-0.4, -0.2) is 30.4 Å². The minimum atomic E-state index is 0.113. The standard InChI is InChI=1S/C12H19N3O/c1-3-15(4-2)12(16)9-14-11-7-5-10(13)6-8-11/h5-8,14H,3-4,9,13H2,1-2H3. The second-order valence-electron chi connectivity index (χ2n) is 3.54. The predicted octanol–water partition coefficient (Wildman–Crippen LogP) is 1.55. The van der Waals surface area contributed by atoms with Crippen LogP contribution >= 0.6 is 0 Å². The van der Waals surface area contributed by atoms with E-state index >= 15 is 0 Å². The first kappa shape index (κ1) is 12.4. The largest absolute Gasteiger partial charge is 0.399 e. The Bertz CT molecular complexity index is 331. The van der Waals surface area contributed by atoms with Crippen molar-refractivity contribution in [3.63, 3.8) is 0 Å². The lowest BCUT2D eigenvalue weighted by Gasteiger charge is -2.19. The Morgan fingerprint density at radius 2 is 1.81 bits per heavy atom. The lowest BCUT2D eigenvalue weighted by molar-refractivity contribution is -0.128. The van der Waals surface area contributed by atoms with Gasteiger partial charge in [-0.15, -0.1) is 0 Å². The van der Waals surface area contributed by atoms with Gasteiger partial charge in [-0.25, -0.2) is 0 Å². The minimum absolute atomic E-state index is 0.113. The monoisotopic (exact) mass is 221 g/mol. The van der Waals surface area contributed by atoms with Gasteiger partial charge in [-0.1, -0.05) is 0 Å². The van der Waals surface area contributed by atoms with Crippen molar-refractivity contribution in [3.05, 3.63) is 24.3 Å². The summed E-state index contributed by atoms with van der Waals surface area (Å²) in [6.45, 7) is 5.78. The Morgan fingerprint density at radius 1 is 1.25 bits per heavy atom. The van der Waals surface area contributed by atoms with Crippen molar-refractivity contribution in [1.29, 1.82) is 0 Å². The fourth-order valence-electron chi connectivity index (χ4n) is 1.47. The number of carbonyl (C=O) groups is 1. The van der Waals surface area contributed by atoms with Gasteiger partial charge in [0.1, 0.15) is 0 Å². The molecule has 1 aromatic carbocycles. The van der Waals surface area contributed by atoms with Gasteiger partial charge in [-0.05, 0) is 38.1 Å². The summed E-state index contributed by atoms with van der Waals surface area (Å²) < 4.78 is 0. The maximum absolute atomic E-state index is 11.7. The second-order valence-corrected chi connectivity index (χ2v) is 3.54. The lowest BCUT2D eigenvalue weighted by Crippen LogP contribution is -2.35. The molecule has 1 amide bonds. The number of nitrogens with one attached hydrogen (secondary N) is 1. The van der Waals surface area contributed by atoms with Gasteiger partial charge in [0.15, 0.2) is 0 Å². The molecule has 0 bridgehead atoms. The van der Waals surface area contributed by atoms with Crippen molar-refractivity contribution in [3.8, 4) is 0 Å². The van der Waals surface area contributed by atoms with Crippen LogP contribution in [0.5, 0.6) is 0 Å². The highest BCUT2D eigenvalue weighted by molar-refractivity contribution is 5.80. The predicted molar refractivity (Wildman–Crippen MR) is 67.3 cm³/mol. The lowest BCUT2D eigenvalue weighted by atomic mass is 10.3. The molecule has 1 aromatic rings. The number of carbonyl (C=O) groups excluding carboxylic acids is 1. The summed E-state index contributed by atoms with van der Waals surface area (Å²) in [6, 6.07) is 7.35. The van der Waals surface area contributed by atoms with E-state index < -0.39 is 0 Å². The molecule has 3 N–H and O–H groups in total. The summed E-state index contributed by atoms with van der Waals surface area (Å²) in [5.74, 6) is 0.113. The Morgan fingerprint density at radius 3 is 2.31 bits per heavy atom. The van der Waals surface area contributed by atoms with Gasteiger partial charge in [0.2, 0.25) is 5.91 Å². The number of hydrogen-bond acceptors (Lipinski definition) is 3. The van der Waals surface area contributed by atoms with Gasteiger partial charge in [-0.3, -0.25) is 4.79 Å². The van der Waals surface area contributed by atoms with Gasteiger partial charge in [0.25, 0.3) is 0 Å². The van der Waals surface area contributed by atoms with E-state index in [1.807, 2.05) is 38.1 Å². The molecule has 0 saturated heterocycles. The Hall–Kier alpha value is -1.71. The van der Waals surface area contributed by atoms with E-state index in [1.54, 1.807) is 4.90 Å². The zero-order valence-electron chi connectivity index (χ0n) is 9.86. The van der Waals surface area contributed by atoms with Crippen LogP contribution in [0, 0.1) is 0 Å². The van der Waals surface area contributed by atoms with Crippen molar-refractivity contribution in [1.82, 2.24) is 4.90 Å². The molecule has 0 aliphatic rings. The molecule has 0 radical (unpaired) electrons. The summed E-state index contributed by atoms with van der Waals surface area (Å²) >= 11 is 0. The first-order chi connectivity index (χ1) is 7.67. The number of likely N-dealkylation sites (N-methyl/N-ethyl adjacent to an activating group) is 1. The van der Waals surface area contributed by atoms with E-state index in [2.05, 4.69) is 5.32 Å². The Labute approximate surface area is 96.4 Å². The van der Waals surface area contributed by atoms with Crippen LogP contribution in [0.2, 0.25) is 0 Å². The average molecular weight is 221 g/mol. The molecule has 0 aromatic heterocycles. The SMILES string of the molecule is CCN(CC)C(=O)CNc1ccc(N)cc1.